The van der Waals surface area contributed by atoms with E-state index in [9.17, 15) is 19.5 Å². The van der Waals surface area contributed by atoms with Crippen LogP contribution >= 0.6 is 11.3 Å². The van der Waals surface area contributed by atoms with Crippen molar-refractivity contribution in [3.05, 3.63) is 111 Å². The summed E-state index contributed by atoms with van der Waals surface area (Å²) < 4.78 is 10.8. The molecule has 0 saturated carbocycles. The second-order valence-corrected chi connectivity index (χ2v) is 11.3. The molecule has 3 aromatic carbocycles. The summed E-state index contributed by atoms with van der Waals surface area (Å²) in [6.07, 6.45) is 0. The Balaban J connectivity index is 1.55. The number of esters is 1. The van der Waals surface area contributed by atoms with Crippen molar-refractivity contribution in [2.45, 2.75) is 26.5 Å². The molecule has 1 aliphatic heterocycles. The summed E-state index contributed by atoms with van der Waals surface area (Å²) in [6, 6.07) is 21.0. The average molecular weight is 598 g/mol. The van der Waals surface area contributed by atoms with E-state index in [0.29, 0.717) is 29.2 Å². The largest absolute Gasteiger partial charge is 0.507 e. The number of Topliss-reactive ketones (excluding diaryl/α,β-unsaturated/α-hetero) is 1. The van der Waals surface area contributed by atoms with Crippen LogP contribution in [0.3, 0.4) is 0 Å². The van der Waals surface area contributed by atoms with E-state index in [1.807, 2.05) is 62.3 Å². The summed E-state index contributed by atoms with van der Waals surface area (Å²) in [6.45, 7) is 4.03. The number of nitrogens with zero attached hydrogens (tertiary/aromatic N) is 3. The molecule has 43 heavy (non-hydrogen) atoms. The predicted octanol–water partition coefficient (Wildman–Crippen LogP) is 5.82. The minimum Gasteiger partial charge on any atom is -0.507 e. The number of aromatic nitrogens is 1. The van der Waals surface area contributed by atoms with Gasteiger partial charge in [0.2, 0.25) is 0 Å². The maximum atomic E-state index is 13.5. The Kier molecular flexibility index (Phi) is 8.31. The lowest BCUT2D eigenvalue weighted by Crippen LogP contribution is -2.29. The van der Waals surface area contributed by atoms with Gasteiger partial charge in [0.1, 0.15) is 23.0 Å². The van der Waals surface area contributed by atoms with Gasteiger partial charge in [0.15, 0.2) is 5.13 Å². The fraction of sp³-hybridized carbons (Fsp3) is 0.212. The molecule has 0 radical (unpaired) electrons. The number of rotatable bonds is 8. The zero-order valence-electron chi connectivity index (χ0n) is 24.5. The van der Waals surface area contributed by atoms with Crippen LogP contribution in [0, 0.1) is 13.8 Å². The predicted molar refractivity (Wildman–Crippen MR) is 166 cm³/mol. The normalized spacial score (nSPS) is 15.9. The topological polar surface area (TPSA) is 109 Å². The van der Waals surface area contributed by atoms with Crippen molar-refractivity contribution in [3.63, 3.8) is 0 Å². The van der Waals surface area contributed by atoms with Crippen LogP contribution in [0.4, 0.5) is 10.8 Å². The molecule has 220 valence electrons. The molecule has 10 heteroatoms. The summed E-state index contributed by atoms with van der Waals surface area (Å²) in [5, 5.41) is 11.7. The van der Waals surface area contributed by atoms with Crippen LogP contribution in [-0.2, 0) is 20.9 Å². The summed E-state index contributed by atoms with van der Waals surface area (Å²) in [5.41, 5.74) is 4.33. The molecule has 5 rings (SSSR count). The second-order valence-electron chi connectivity index (χ2n) is 10.3. The number of benzene rings is 3. The quantitative estimate of drug-likeness (QED) is 0.117. The highest BCUT2D eigenvalue weighted by atomic mass is 32.1. The highest BCUT2D eigenvalue weighted by Crippen LogP contribution is 2.44. The third-order valence-electron chi connectivity index (χ3n) is 7.32. The third kappa shape index (κ3) is 5.74. The van der Waals surface area contributed by atoms with Crippen LogP contribution in [0.15, 0.2) is 78.4 Å². The lowest BCUT2D eigenvalue weighted by atomic mass is 9.95. The van der Waals surface area contributed by atoms with Gasteiger partial charge in [-0.25, -0.2) is 9.78 Å². The van der Waals surface area contributed by atoms with Crippen LogP contribution in [0.2, 0.25) is 0 Å². The molecule has 0 aliphatic carbocycles. The standard InChI is InChI=1S/C33H31N3O6S/c1-19-8-6-7-9-23(19)18-42-25-16-12-22(13-17-25)28(37)26-27(21-10-14-24(15-11-21)35(3)4)36(31(39)29(26)38)33-34-20(2)30(43-33)32(40)41-5/h6-17,27,37H,18H2,1-5H3/b28-26+. The van der Waals surface area contributed by atoms with Crippen molar-refractivity contribution in [1.82, 2.24) is 4.98 Å². The van der Waals surface area contributed by atoms with Gasteiger partial charge in [-0.3, -0.25) is 14.5 Å². The number of ketones is 1. The first-order valence-electron chi connectivity index (χ1n) is 13.5. The summed E-state index contributed by atoms with van der Waals surface area (Å²) >= 11 is 0.956. The van der Waals surface area contributed by atoms with Gasteiger partial charge < -0.3 is 19.5 Å². The molecule has 1 fully saturated rings. The minimum absolute atomic E-state index is 0.0800. The first kappa shape index (κ1) is 29.5. The van der Waals surface area contributed by atoms with E-state index in [1.54, 1.807) is 43.3 Å². The van der Waals surface area contributed by atoms with E-state index in [0.717, 1.165) is 28.2 Å². The van der Waals surface area contributed by atoms with E-state index in [4.69, 9.17) is 9.47 Å². The number of carbonyl (C=O) groups is 3. The van der Waals surface area contributed by atoms with Crippen molar-refractivity contribution >= 4 is 45.6 Å². The Morgan fingerprint density at radius 2 is 1.67 bits per heavy atom. The van der Waals surface area contributed by atoms with Crippen LogP contribution in [0.25, 0.3) is 5.76 Å². The second kappa shape index (κ2) is 12.1. The average Bonchev–Trinajstić information content (AvgIpc) is 3.52. The van der Waals surface area contributed by atoms with E-state index in [2.05, 4.69) is 4.98 Å². The molecule has 1 unspecified atom stereocenters. The summed E-state index contributed by atoms with van der Waals surface area (Å²) in [4.78, 5) is 47.2. The number of anilines is 2. The van der Waals surface area contributed by atoms with E-state index in [-0.39, 0.29) is 21.3 Å². The Bertz CT molecular complexity index is 1720. The molecule has 9 nitrogen and oxygen atoms in total. The monoisotopic (exact) mass is 597 g/mol. The molecular weight excluding hydrogens is 566 g/mol. The number of methoxy groups -OCH3 is 1. The first-order chi connectivity index (χ1) is 20.6. The molecule has 4 aromatic rings. The molecule has 1 aromatic heterocycles. The van der Waals surface area contributed by atoms with Crippen LogP contribution < -0.4 is 14.5 Å². The fourth-order valence-corrected chi connectivity index (χ4v) is 5.88. The minimum atomic E-state index is -0.982. The number of thiazole rings is 1. The Hall–Kier alpha value is -4.96. The number of aryl methyl sites for hydroxylation is 2. The number of hydrogen-bond donors (Lipinski definition) is 1. The van der Waals surface area contributed by atoms with E-state index >= 15 is 0 Å². The Labute approximate surface area is 253 Å². The van der Waals surface area contributed by atoms with Crippen molar-refractivity contribution in [3.8, 4) is 5.75 Å². The zero-order chi connectivity index (χ0) is 30.8. The van der Waals surface area contributed by atoms with Crippen molar-refractivity contribution in [2.24, 2.45) is 0 Å². The van der Waals surface area contributed by atoms with Gasteiger partial charge in [-0.15, -0.1) is 0 Å². The van der Waals surface area contributed by atoms with Crippen molar-refractivity contribution < 1.29 is 29.0 Å². The van der Waals surface area contributed by atoms with Gasteiger partial charge in [-0.2, -0.15) is 0 Å². The molecule has 0 bridgehead atoms. The molecule has 1 aliphatic rings. The van der Waals surface area contributed by atoms with Crippen molar-refractivity contribution in [2.75, 3.05) is 31.0 Å². The fourth-order valence-electron chi connectivity index (χ4n) is 4.86. The molecule has 1 saturated heterocycles. The molecule has 0 spiro atoms. The molecule has 1 atom stereocenters. The zero-order valence-corrected chi connectivity index (χ0v) is 25.3. The van der Waals surface area contributed by atoms with E-state index in [1.165, 1.54) is 12.0 Å². The van der Waals surface area contributed by atoms with Crippen LogP contribution in [-0.4, -0.2) is 49.0 Å². The molecule has 1 N–H and O–H groups in total. The van der Waals surface area contributed by atoms with Crippen LogP contribution in [0.1, 0.15) is 43.7 Å². The van der Waals surface area contributed by atoms with E-state index < -0.39 is 23.7 Å². The maximum Gasteiger partial charge on any atom is 0.350 e. The highest BCUT2D eigenvalue weighted by Gasteiger charge is 2.48. The van der Waals surface area contributed by atoms with Crippen LogP contribution in [0.5, 0.6) is 5.75 Å². The third-order valence-corrected chi connectivity index (χ3v) is 8.45. The summed E-state index contributed by atoms with van der Waals surface area (Å²) in [7, 11) is 5.07. The number of aliphatic hydroxyl groups excluding tert-OH is 1. The number of ether oxygens (including phenoxy) is 2. The molecule has 1 amide bonds. The highest BCUT2D eigenvalue weighted by molar-refractivity contribution is 7.17. The maximum absolute atomic E-state index is 13.5. The van der Waals surface area contributed by atoms with Gasteiger partial charge in [0, 0.05) is 25.3 Å². The molecular formula is C33H31N3O6S. The van der Waals surface area contributed by atoms with Gasteiger partial charge in [0.25, 0.3) is 5.78 Å². The van der Waals surface area contributed by atoms with Gasteiger partial charge in [0.05, 0.1) is 24.4 Å². The van der Waals surface area contributed by atoms with Gasteiger partial charge >= 0.3 is 11.9 Å². The Morgan fingerprint density at radius 3 is 2.30 bits per heavy atom. The lowest BCUT2D eigenvalue weighted by Gasteiger charge is -2.23. The van der Waals surface area contributed by atoms with Gasteiger partial charge in [-0.05, 0) is 66.9 Å². The smallest absolute Gasteiger partial charge is 0.350 e. The SMILES string of the molecule is COC(=O)c1sc(N2C(=O)C(=O)/C(=C(/O)c3ccc(OCc4ccccc4C)cc3)C2c2ccc(N(C)C)cc2)nc1C. The Morgan fingerprint density at radius 1 is 1.00 bits per heavy atom. The number of hydrogen-bond acceptors (Lipinski definition) is 9. The number of amides is 1. The molecule has 2 heterocycles. The van der Waals surface area contributed by atoms with Gasteiger partial charge in [-0.1, -0.05) is 47.7 Å². The number of carbonyl (C=O) groups excluding carboxylic acids is 3. The lowest BCUT2D eigenvalue weighted by molar-refractivity contribution is -0.132. The van der Waals surface area contributed by atoms with Crippen molar-refractivity contribution in [1.29, 1.82) is 0 Å². The summed E-state index contributed by atoms with van der Waals surface area (Å²) in [5.74, 6) is -2.04. The first-order valence-corrected chi connectivity index (χ1v) is 14.3. The number of aliphatic hydroxyl groups is 1.